The van der Waals surface area contributed by atoms with E-state index in [-0.39, 0.29) is 5.56 Å². The fraction of sp³-hybridized carbons (Fsp3) is 0.125. The van der Waals surface area contributed by atoms with E-state index in [1.807, 2.05) is 0 Å². The number of esters is 1. The second-order valence-corrected chi connectivity index (χ2v) is 2.18. The second kappa shape index (κ2) is 3.66. The monoisotopic (exact) mass is 180 g/mol. The number of nitrogens with zero attached hydrogens (tertiary/aromatic N) is 1. The third kappa shape index (κ3) is 1.81. The summed E-state index contributed by atoms with van der Waals surface area (Å²) >= 11 is 0. The van der Waals surface area contributed by atoms with Gasteiger partial charge in [0, 0.05) is 6.20 Å². The van der Waals surface area contributed by atoms with E-state index in [9.17, 15) is 14.7 Å². The number of aromatic nitrogens is 1. The molecule has 0 unspecified atom stereocenters. The number of carbonyl (C=O) groups excluding carboxylic acids is 2. The molecule has 0 saturated carbocycles. The van der Waals surface area contributed by atoms with Crippen LogP contribution < -0.4 is 5.11 Å². The Hall–Kier alpha value is -1.91. The minimum Gasteiger partial charge on any atom is -0.543 e. The first kappa shape index (κ1) is 9.18. The lowest BCUT2D eigenvalue weighted by molar-refractivity contribution is -0.255. The van der Waals surface area contributed by atoms with Crippen molar-refractivity contribution in [1.82, 2.24) is 4.98 Å². The van der Waals surface area contributed by atoms with Gasteiger partial charge in [0.05, 0.1) is 18.6 Å². The minimum absolute atomic E-state index is 0.106. The van der Waals surface area contributed by atoms with Crippen LogP contribution in [-0.2, 0) is 4.74 Å². The first-order valence-electron chi connectivity index (χ1n) is 3.41. The summed E-state index contributed by atoms with van der Waals surface area (Å²) in [5.74, 6) is -2.24. The Kier molecular flexibility index (Phi) is 2.59. The van der Waals surface area contributed by atoms with Crippen molar-refractivity contribution in [2.24, 2.45) is 0 Å². The Balaban J connectivity index is 3.19. The second-order valence-electron chi connectivity index (χ2n) is 2.18. The molecule has 1 heterocycles. The first-order valence-corrected chi connectivity index (χ1v) is 3.41. The highest BCUT2D eigenvalue weighted by molar-refractivity contribution is 6.00. The van der Waals surface area contributed by atoms with Crippen LogP contribution in [0.1, 0.15) is 20.8 Å². The number of pyridine rings is 1. The lowest BCUT2D eigenvalue weighted by atomic mass is 10.2. The van der Waals surface area contributed by atoms with Crippen molar-refractivity contribution in [3.8, 4) is 0 Å². The maximum Gasteiger partial charge on any atom is 0.340 e. The Bertz CT molecular complexity index is 348. The lowest BCUT2D eigenvalue weighted by Gasteiger charge is -2.05. The van der Waals surface area contributed by atoms with Crippen LogP contribution >= 0.6 is 0 Å². The smallest absolute Gasteiger partial charge is 0.340 e. The molecule has 0 N–H and O–H groups in total. The molecular formula is C8H6NO4-. The number of methoxy groups -OCH3 is 1. The third-order valence-electron chi connectivity index (χ3n) is 1.41. The largest absolute Gasteiger partial charge is 0.543 e. The van der Waals surface area contributed by atoms with Crippen LogP contribution in [0.15, 0.2) is 18.3 Å². The topological polar surface area (TPSA) is 79.3 Å². The van der Waals surface area contributed by atoms with Gasteiger partial charge in [-0.2, -0.15) is 0 Å². The standard InChI is InChI=1S/C8H7NO4/c1-13-8(12)5-3-2-4-9-6(5)7(10)11/h2-4H,1H3,(H,10,11)/p-1. The van der Waals surface area contributed by atoms with Crippen LogP contribution in [-0.4, -0.2) is 24.0 Å². The van der Waals surface area contributed by atoms with Crippen LogP contribution in [0, 0.1) is 0 Å². The van der Waals surface area contributed by atoms with Gasteiger partial charge in [0.15, 0.2) is 0 Å². The molecule has 0 saturated heterocycles. The van der Waals surface area contributed by atoms with Crippen LogP contribution in [0.25, 0.3) is 0 Å². The molecule has 0 bridgehead atoms. The van der Waals surface area contributed by atoms with Gasteiger partial charge in [-0.05, 0) is 12.1 Å². The summed E-state index contributed by atoms with van der Waals surface area (Å²) in [5, 5.41) is 10.5. The highest BCUT2D eigenvalue weighted by Gasteiger charge is 2.12. The fourth-order valence-corrected chi connectivity index (χ4v) is 0.843. The van der Waals surface area contributed by atoms with Gasteiger partial charge in [0.25, 0.3) is 0 Å². The van der Waals surface area contributed by atoms with Crippen molar-refractivity contribution < 1.29 is 19.4 Å². The average molecular weight is 180 g/mol. The van der Waals surface area contributed by atoms with Gasteiger partial charge in [0.2, 0.25) is 0 Å². The third-order valence-corrected chi connectivity index (χ3v) is 1.41. The molecule has 0 spiro atoms. The molecule has 0 amide bonds. The molecular weight excluding hydrogens is 174 g/mol. The van der Waals surface area contributed by atoms with Gasteiger partial charge >= 0.3 is 5.97 Å². The zero-order valence-corrected chi connectivity index (χ0v) is 6.81. The lowest BCUT2D eigenvalue weighted by Crippen LogP contribution is -2.26. The van der Waals surface area contributed by atoms with E-state index >= 15 is 0 Å². The molecule has 68 valence electrons. The predicted molar refractivity (Wildman–Crippen MR) is 39.9 cm³/mol. The van der Waals surface area contributed by atoms with E-state index in [1.54, 1.807) is 0 Å². The molecule has 1 aromatic rings. The van der Waals surface area contributed by atoms with E-state index in [0.717, 1.165) is 7.11 Å². The Morgan fingerprint density at radius 3 is 2.77 bits per heavy atom. The molecule has 5 nitrogen and oxygen atoms in total. The van der Waals surface area contributed by atoms with Crippen molar-refractivity contribution in [3.05, 3.63) is 29.6 Å². The number of carboxylic acid groups (broad SMARTS) is 1. The van der Waals surface area contributed by atoms with Crippen LogP contribution in [0.5, 0.6) is 0 Å². The molecule has 5 heteroatoms. The van der Waals surface area contributed by atoms with E-state index < -0.39 is 17.6 Å². The Morgan fingerprint density at radius 1 is 1.54 bits per heavy atom. The van der Waals surface area contributed by atoms with Gasteiger partial charge in [-0.25, -0.2) is 4.79 Å². The van der Waals surface area contributed by atoms with Gasteiger partial charge in [-0.3, -0.25) is 4.98 Å². The highest BCUT2D eigenvalue weighted by atomic mass is 16.5. The number of hydrogen-bond acceptors (Lipinski definition) is 5. The van der Waals surface area contributed by atoms with Crippen molar-refractivity contribution in [2.45, 2.75) is 0 Å². The van der Waals surface area contributed by atoms with Crippen molar-refractivity contribution in [1.29, 1.82) is 0 Å². The minimum atomic E-state index is -1.50. The Labute approximate surface area is 74.0 Å². The van der Waals surface area contributed by atoms with Crippen molar-refractivity contribution >= 4 is 11.9 Å². The maximum absolute atomic E-state index is 11.0. The number of ether oxygens (including phenoxy) is 1. The normalized spacial score (nSPS) is 9.31. The van der Waals surface area contributed by atoms with Gasteiger partial charge < -0.3 is 14.6 Å². The highest BCUT2D eigenvalue weighted by Crippen LogP contribution is 2.05. The molecule has 0 aliphatic carbocycles. The SMILES string of the molecule is COC(=O)c1cccnc1C(=O)[O-]. The molecule has 0 radical (unpaired) electrons. The van der Waals surface area contributed by atoms with Crippen molar-refractivity contribution in [3.63, 3.8) is 0 Å². The van der Waals surface area contributed by atoms with Gasteiger partial charge in [-0.15, -0.1) is 0 Å². The molecule has 1 rings (SSSR count). The summed E-state index contributed by atoms with van der Waals surface area (Å²) in [4.78, 5) is 24.9. The number of aromatic carboxylic acids is 1. The van der Waals surface area contributed by atoms with Crippen LogP contribution in [0.3, 0.4) is 0 Å². The number of hydrogen-bond donors (Lipinski definition) is 0. The van der Waals surface area contributed by atoms with Crippen molar-refractivity contribution in [2.75, 3.05) is 7.11 Å². The number of carboxylic acids is 1. The van der Waals surface area contributed by atoms with E-state index in [1.165, 1.54) is 18.3 Å². The zero-order valence-electron chi connectivity index (χ0n) is 6.81. The quantitative estimate of drug-likeness (QED) is 0.558. The average Bonchev–Trinajstić information content (AvgIpc) is 2.16. The molecule has 0 fully saturated rings. The molecule has 1 aromatic heterocycles. The number of rotatable bonds is 2. The molecule has 0 aliphatic rings. The summed E-state index contributed by atoms with van der Waals surface area (Å²) in [7, 11) is 1.16. The van der Waals surface area contributed by atoms with Crippen LogP contribution in [0.2, 0.25) is 0 Å². The van der Waals surface area contributed by atoms with Gasteiger partial charge in [-0.1, -0.05) is 0 Å². The molecule has 0 aliphatic heterocycles. The van der Waals surface area contributed by atoms with Crippen LogP contribution in [0.4, 0.5) is 0 Å². The van der Waals surface area contributed by atoms with E-state index in [4.69, 9.17) is 0 Å². The van der Waals surface area contributed by atoms with Gasteiger partial charge in [0.1, 0.15) is 5.69 Å². The summed E-state index contributed by atoms with van der Waals surface area (Å²) in [6, 6.07) is 2.75. The zero-order chi connectivity index (χ0) is 9.84. The maximum atomic E-state index is 11.0. The summed E-state index contributed by atoms with van der Waals surface area (Å²) < 4.78 is 4.36. The fourth-order valence-electron chi connectivity index (χ4n) is 0.843. The van der Waals surface area contributed by atoms with E-state index in [2.05, 4.69) is 9.72 Å². The first-order chi connectivity index (χ1) is 6.16. The number of carbonyl (C=O) groups is 2. The summed E-state index contributed by atoms with van der Waals surface area (Å²) in [6.45, 7) is 0. The molecule has 0 atom stereocenters. The summed E-state index contributed by atoms with van der Waals surface area (Å²) in [5.41, 5.74) is -0.514. The van der Waals surface area contributed by atoms with E-state index in [0.29, 0.717) is 0 Å². The Morgan fingerprint density at radius 2 is 2.23 bits per heavy atom. The summed E-state index contributed by atoms with van der Waals surface area (Å²) in [6.07, 6.45) is 1.26. The molecule has 0 aromatic carbocycles. The predicted octanol–water partition coefficient (Wildman–Crippen LogP) is -0.768. The molecule has 13 heavy (non-hydrogen) atoms.